The summed E-state index contributed by atoms with van der Waals surface area (Å²) < 4.78 is 11.0. The maximum absolute atomic E-state index is 13.1. The van der Waals surface area contributed by atoms with Crippen molar-refractivity contribution >= 4 is 17.8 Å². The van der Waals surface area contributed by atoms with Crippen molar-refractivity contribution in [3.8, 4) is 0 Å². The zero-order chi connectivity index (χ0) is 29.2. The van der Waals surface area contributed by atoms with Crippen LogP contribution in [-0.4, -0.2) is 76.4 Å². The lowest BCUT2D eigenvalue weighted by Crippen LogP contribution is -2.65. The quantitative estimate of drug-likeness (QED) is 0.113. The molecule has 1 heterocycles. The molecule has 0 bridgehead atoms. The maximum Gasteiger partial charge on any atom is 0.331 e. The molecule has 1 fully saturated rings. The summed E-state index contributed by atoms with van der Waals surface area (Å²) in [5.41, 5.74) is 0. The average molecular weight is 559 g/mol. The molecule has 1 aliphatic heterocycles. The Morgan fingerprint density at radius 1 is 0.795 bits per heavy atom. The summed E-state index contributed by atoms with van der Waals surface area (Å²) in [6, 6.07) is -2.19. The third kappa shape index (κ3) is 13.4. The minimum absolute atomic E-state index is 0.174. The van der Waals surface area contributed by atoms with E-state index in [0.717, 1.165) is 19.3 Å². The van der Waals surface area contributed by atoms with Crippen LogP contribution in [0, 0.1) is 5.92 Å². The van der Waals surface area contributed by atoms with Crippen LogP contribution in [0.5, 0.6) is 0 Å². The number of hydrogen-bond acceptors (Lipinski definition) is 8. The van der Waals surface area contributed by atoms with Crippen molar-refractivity contribution in [2.45, 2.75) is 154 Å². The van der Waals surface area contributed by atoms with Gasteiger partial charge in [-0.05, 0) is 18.8 Å². The van der Waals surface area contributed by atoms with E-state index in [2.05, 4.69) is 17.6 Å². The standard InChI is InChI=1S/C29H54N2O8/c1-5-7-8-9-10-11-12-13-14-15-16-18-23(34)30-24(20(3)4)28(37)39-29-25(31-22(33)17-6-2)27(36)26(35)21(19-32)38-29/h20-21,24-27,29,32,35-36H,5-19H2,1-4H3,(H,30,34)(H,31,33)/t21-,24+,25-,26-,27-,29-/m1/s1. The van der Waals surface area contributed by atoms with Gasteiger partial charge < -0.3 is 35.4 Å². The van der Waals surface area contributed by atoms with Crippen LogP contribution in [0.1, 0.15) is 118 Å². The SMILES string of the molecule is CCCCCCCCCCCCCC(=O)N[C@H](C(=O)O[C@H]1O[C@H](CO)[C@@H](O)[C@H](O)[C@H]1NC(=O)CCC)C(C)C. The van der Waals surface area contributed by atoms with Gasteiger partial charge in [-0.15, -0.1) is 0 Å². The molecule has 0 aromatic rings. The lowest BCUT2D eigenvalue weighted by Gasteiger charge is -2.42. The second-order valence-electron chi connectivity index (χ2n) is 11.1. The Morgan fingerprint density at radius 3 is 1.87 bits per heavy atom. The fourth-order valence-corrected chi connectivity index (χ4v) is 4.70. The summed E-state index contributed by atoms with van der Waals surface area (Å²) >= 11 is 0. The molecule has 0 saturated carbocycles. The van der Waals surface area contributed by atoms with E-state index in [1.54, 1.807) is 13.8 Å². The Hall–Kier alpha value is -1.75. The topological polar surface area (TPSA) is 154 Å². The summed E-state index contributed by atoms with van der Waals surface area (Å²) in [4.78, 5) is 37.8. The minimum Gasteiger partial charge on any atom is -0.432 e. The lowest BCUT2D eigenvalue weighted by atomic mass is 9.96. The predicted molar refractivity (Wildman–Crippen MR) is 149 cm³/mol. The number of unbranched alkanes of at least 4 members (excludes halogenated alkanes) is 10. The lowest BCUT2D eigenvalue weighted by molar-refractivity contribution is -0.264. The molecule has 0 unspecified atom stereocenters. The zero-order valence-electron chi connectivity index (χ0n) is 24.5. The van der Waals surface area contributed by atoms with Crippen LogP contribution in [0.4, 0.5) is 0 Å². The average Bonchev–Trinajstić information content (AvgIpc) is 2.89. The number of aliphatic hydroxyl groups is 3. The van der Waals surface area contributed by atoms with E-state index in [9.17, 15) is 29.7 Å². The van der Waals surface area contributed by atoms with E-state index in [1.165, 1.54) is 51.4 Å². The molecule has 1 saturated heterocycles. The first-order valence-corrected chi connectivity index (χ1v) is 15.1. The summed E-state index contributed by atoms with van der Waals surface area (Å²) in [6.45, 7) is 6.96. The van der Waals surface area contributed by atoms with E-state index in [4.69, 9.17) is 9.47 Å². The molecule has 0 spiro atoms. The molecule has 1 aliphatic rings. The molecule has 0 radical (unpaired) electrons. The van der Waals surface area contributed by atoms with Gasteiger partial charge in [0.05, 0.1) is 6.61 Å². The first-order valence-electron chi connectivity index (χ1n) is 15.1. The van der Waals surface area contributed by atoms with Gasteiger partial charge in [-0.3, -0.25) is 9.59 Å². The Balaban J connectivity index is 2.55. The molecule has 5 N–H and O–H groups in total. The van der Waals surface area contributed by atoms with E-state index < -0.39 is 55.2 Å². The van der Waals surface area contributed by atoms with Crippen LogP contribution >= 0.6 is 0 Å². The number of rotatable bonds is 20. The normalized spacial score (nSPS) is 23.8. The summed E-state index contributed by atoms with van der Waals surface area (Å²) in [5, 5.41) is 35.6. The fraction of sp³-hybridized carbons (Fsp3) is 0.897. The highest BCUT2D eigenvalue weighted by atomic mass is 16.7. The molecular formula is C29H54N2O8. The van der Waals surface area contributed by atoms with E-state index in [0.29, 0.717) is 12.8 Å². The van der Waals surface area contributed by atoms with Gasteiger partial charge in [-0.1, -0.05) is 91.9 Å². The summed E-state index contributed by atoms with van der Waals surface area (Å²) in [6.07, 6.45) is 8.36. The molecule has 0 aliphatic carbocycles. The van der Waals surface area contributed by atoms with Crippen LogP contribution in [0.25, 0.3) is 0 Å². The molecule has 10 heteroatoms. The van der Waals surface area contributed by atoms with Crippen LogP contribution in [-0.2, 0) is 23.9 Å². The summed E-state index contributed by atoms with van der Waals surface area (Å²) in [5.74, 6) is -1.72. The van der Waals surface area contributed by atoms with Gasteiger partial charge in [0.2, 0.25) is 18.1 Å². The molecule has 1 rings (SSSR count). The number of ether oxygens (including phenoxy) is 2. The highest BCUT2D eigenvalue weighted by molar-refractivity contribution is 5.84. The van der Waals surface area contributed by atoms with E-state index in [1.807, 2.05) is 6.92 Å². The highest BCUT2D eigenvalue weighted by Crippen LogP contribution is 2.23. The van der Waals surface area contributed by atoms with E-state index in [-0.39, 0.29) is 18.2 Å². The number of carbonyl (C=O) groups excluding carboxylic acids is 3. The maximum atomic E-state index is 13.1. The van der Waals surface area contributed by atoms with Gasteiger partial charge in [0, 0.05) is 12.8 Å². The second kappa shape index (κ2) is 20.2. The third-order valence-corrected chi connectivity index (χ3v) is 7.16. The van der Waals surface area contributed by atoms with Crippen LogP contribution < -0.4 is 10.6 Å². The first kappa shape index (κ1) is 35.3. The van der Waals surface area contributed by atoms with Gasteiger partial charge in [-0.2, -0.15) is 0 Å². The molecule has 228 valence electrons. The number of aliphatic hydroxyl groups excluding tert-OH is 3. The van der Waals surface area contributed by atoms with Crippen molar-refractivity contribution in [3.05, 3.63) is 0 Å². The van der Waals surface area contributed by atoms with Crippen molar-refractivity contribution in [1.82, 2.24) is 10.6 Å². The summed E-state index contributed by atoms with van der Waals surface area (Å²) in [7, 11) is 0. The van der Waals surface area contributed by atoms with Gasteiger partial charge >= 0.3 is 5.97 Å². The van der Waals surface area contributed by atoms with Gasteiger partial charge in [0.15, 0.2) is 0 Å². The Bertz CT molecular complexity index is 705. The Morgan fingerprint density at radius 2 is 1.36 bits per heavy atom. The molecular weight excluding hydrogens is 504 g/mol. The van der Waals surface area contributed by atoms with Crippen LogP contribution in [0.3, 0.4) is 0 Å². The highest BCUT2D eigenvalue weighted by Gasteiger charge is 2.47. The first-order chi connectivity index (χ1) is 18.7. The monoisotopic (exact) mass is 558 g/mol. The largest absolute Gasteiger partial charge is 0.432 e. The number of carbonyl (C=O) groups is 3. The number of amides is 2. The minimum atomic E-state index is -1.53. The molecule has 0 aromatic carbocycles. The molecule has 39 heavy (non-hydrogen) atoms. The molecule has 6 atom stereocenters. The van der Waals surface area contributed by atoms with Crippen LogP contribution in [0.2, 0.25) is 0 Å². The zero-order valence-corrected chi connectivity index (χ0v) is 24.5. The van der Waals surface area contributed by atoms with Gasteiger partial charge in [0.25, 0.3) is 0 Å². The van der Waals surface area contributed by atoms with Gasteiger partial charge in [-0.25, -0.2) is 4.79 Å². The third-order valence-electron chi connectivity index (χ3n) is 7.16. The van der Waals surface area contributed by atoms with Crippen molar-refractivity contribution in [2.24, 2.45) is 5.92 Å². The smallest absolute Gasteiger partial charge is 0.331 e. The molecule has 0 aromatic heterocycles. The van der Waals surface area contributed by atoms with Crippen molar-refractivity contribution in [3.63, 3.8) is 0 Å². The number of hydrogen-bond donors (Lipinski definition) is 5. The fourth-order valence-electron chi connectivity index (χ4n) is 4.70. The predicted octanol–water partition coefficient (Wildman–Crippen LogP) is 3.10. The molecule has 2 amide bonds. The Labute approximate surface area is 234 Å². The molecule has 10 nitrogen and oxygen atoms in total. The number of esters is 1. The van der Waals surface area contributed by atoms with E-state index >= 15 is 0 Å². The second-order valence-corrected chi connectivity index (χ2v) is 11.1. The van der Waals surface area contributed by atoms with Crippen molar-refractivity contribution in [2.75, 3.05) is 6.61 Å². The van der Waals surface area contributed by atoms with Crippen molar-refractivity contribution in [1.29, 1.82) is 0 Å². The van der Waals surface area contributed by atoms with Crippen molar-refractivity contribution < 1.29 is 39.2 Å². The Kier molecular flexibility index (Phi) is 18.2. The number of nitrogens with one attached hydrogen (secondary N) is 2. The van der Waals surface area contributed by atoms with Gasteiger partial charge in [0.1, 0.15) is 30.4 Å². The van der Waals surface area contributed by atoms with Crippen LogP contribution in [0.15, 0.2) is 0 Å².